The lowest BCUT2D eigenvalue weighted by atomic mass is 9.70. The third-order valence-corrected chi connectivity index (χ3v) is 12.3. The second-order valence-electron chi connectivity index (χ2n) is 15.4. The average Bonchev–Trinajstić information content (AvgIpc) is 3.95. The zero-order valence-corrected chi connectivity index (χ0v) is 32.0. The van der Waals surface area contributed by atoms with Crippen LogP contribution < -0.4 is 0 Å². The molecule has 2 aliphatic carbocycles. The molecule has 6 nitrogen and oxygen atoms in total. The van der Waals surface area contributed by atoms with Gasteiger partial charge in [0.05, 0.1) is 46.2 Å². The summed E-state index contributed by atoms with van der Waals surface area (Å²) in [6, 6.07) is 62.7. The third-order valence-electron chi connectivity index (χ3n) is 12.3. The Labute approximate surface area is 345 Å². The molecule has 2 aliphatic rings. The van der Waals surface area contributed by atoms with Gasteiger partial charge in [-0.25, -0.2) is 19.8 Å². The Morgan fingerprint density at radius 2 is 1.22 bits per heavy atom. The lowest BCUT2D eigenvalue weighted by molar-refractivity contribution is 0.794. The largest absolute Gasteiger partial charge is 0.299 e. The molecule has 0 saturated heterocycles. The van der Waals surface area contributed by atoms with Crippen LogP contribution in [0.1, 0.15) is 27.8 Å². The summed E-state index contributed by atoms with van der Waals surface area (Å²) in [5.74, 6) is 0.613. The maximum Gasteiger partial charge on any atom is 0.187 e. The van der Waals surface area contributed by atoms with Gasteiger partial charge in [-0.3, -0.25) is 4.40 Å². The van der Waals surface area contributed by atoms with Gasteiger partial charge in [0.25, 0.3) is 0 Å². The second kappa shape index (κ2) is 12.8. The number of aromatic nitrogens is 4. The van der Waals surface area contributed by atoms with Crippen molar-refractivity contribution < 1.29 is 0 Å². The van der Waals surface area contributed by atoms with E-state index in [9.17, 15) is 5.26 Å². The lowest BCUT2D eigenvalue weighted by Crippen LogP contribution is -2.26. The Hall–Kier alpha value is -8.45. The van der Waals surface area contributed by atoms with Crippen LogP contribution in [-0.4, -0.2) is 19.4 Å². The van der Waals surface area contributed by atoms with Gasteiger partial charge in [0.15, 0.2) is 11.5 Å². The number of fused-ring (bicyclic) bond motifs is 12. The van der Waals surface area contributed by atoms with Crippen molar-refractivity contribution in [3.05, 3.63) is 221 Å². The minimum atomic E-state index is -0.751. The lowest BCUT2D eigenvalue weighted by Gasteiger charge is -2.31. The number of pyridine rings is 1. The molecule has 1 spiro atoms. The Kier molecular flexibility index (Phi) is 7.17. The van der Waals surface area contributed by atoms with Crippen LogP contribution in [0.4, 0.5) is 5.69 Å². The molecule has 7 aromatic carbocycles. The summed E-state index contributed by atoms with van der Waals surface area (Å²) in [6.45, 7) is 7.98. The van der Waals surface area contributed by atoms with Gasteiger partial charge in [0.2, 0.25) is 0 Å². The van der Waals surface area contributed by atoms with Crippen LogP contribution in [0.2, 0.25) is 0 Å². The molecule has 3 aromatic heterocycles. The molecule has 0 amide bonds. The van der Waals surface area contributed by atoms with Crippen molar-refractivity contribution in [2.24, 2.45) is 0 Å². The van der Waals surface area contributed by atoms with E-state index < -0.39 is 5.41 Å². The van der Waals surface area contributed by atoms with E-state index in [1.807, 2.05) is 72.8 Å². The van der Waals surface area contributed by atoms with Crippen molar-refractivity contribution in [2.75, 3.05) is 0 Å². The van der Waals surface area contributed by atoms with E-state index in [2.05, 4.69) is 125 Å². The number of rotatable bonds is 4. The van der Waals surface area contributed by atoms with E-state index in [0.717, 1.165) is 100 Å². The average molecular weight is 763 g/mol. The third kappa shape index (κ3) is 4.71. The molecule has 0 radical (unpaired) electrons. The molecule has 60 heavy (non-hydrogen) atoms. The highest BCUT2D eigenvalue weighted by atomic mass is 15.0. The molecular formula is C54H30N6. The van der Waals surface area contributed by atoms with Crippen LogP contribution >= 0.6 is 0 Å². The fraction of sp³-hybridized carbons (Fsp3) is 0.0185. The Morgan fingerprint density at radius 1 is 0.517 bits per heavy atom. The van der Waals surface area contributed by atoms with Crippen molar-refractivity contribution in [1.82, 2.24) is 19.4 Å². The van der Waals surface area contributed by atoms with Gasteiger partial charge >= 0.3 is 0 Å². The van der Waals surface area contributed by atoms with Crippen LogP contribution in [-0.2, 0) is 5.41 Å². The first kappa shape index (κ1) is 33.7. The number of imidazole rings is 1. The van der Waals surface area contributed by atoms with Crippen molar-refractivity contribution in [2.45, 2.75) is 5.41 Å². The first-order valence-electron chi connectivity index (χ1n) is 19.9. The number of nitrogens with zero attached hydrogens (tertiary/aromatic N) is 6. The minimum absolute atomic E-state index is 0.577. The predicted octanol–water partition coefficient (Wildman–Crippen LogP) is 12.7. The molecule has 10 aromatic rings. The summed E-state index contributed by atoms with van der Waals surface area (Å²) >= 11 is 0. The summed E-state index contributed by atoms with van der Waals surface area (Å²) in [5, 5.41) is 11.1. The molecule has 1 atom stereocenters. The van der Waals surface area contributed by atoms with E-state index in [0.29, 0.717) is 17.1 Å². The Morgan fingerprint density at radius 3 is 2.08 bits per heavy atom. The van der Waals surface area contributed by atoms with Gasteiger partial charge in [-0.1, -0.05) is 133 Å². The molecule has 1 unspecified atom stereocenters. The summed E-state index contributed by atoms with van der Waals surface area (Å²) in [6.07, 6.45) is 2.07. The highest BCUT2D eigenvalue weighted by Crippen LogP contribution is 2.63. The number of benzene rings is 7. The van der Waals surface area contributed by atoms with Crippen LogP contribution in [0, 0.1) is 17.9 Å². The number of nitriles is 1. The highest BCUT2D eigenvalue weighted by molar-refractivity contribution is 5.98. The van der Waals surface area contributed by atoms with Gasteiger partial charge < -0.3 is 0 Å². The molecule has 0 aliphatic heterocycles. The minimum Gasteiger partial charge on any atom is -0.299 e. The van der Waals surface area contributed by atoms with Crippen molar-refractivity contribution >= 4 is 22.2 Å². The zero-order valence-electron chi connectivity index (χ0n) is 32.0. The van der Waals surface area contributed by atoms with Crippen LogP contribution in [0.3, 0.4) is 0 Å². The maximum atomic E-state index is 10.2. The van der Waals surface area contributed by atoms with Gasteiger partial charge in [-0.15, -0.1) is 0 Å². The monoisotopic (exact) mass is 762 g/mol. The fourth-order valence-electron chi connectivity index (χ4n) is 9.76. The number of para-hydroxylation sites is 1. The van der Waals surface area contributed by atoms with Crippen molar-refractivity contribution in [3.63, 3.8) is 0 Å². The molecule has 0 bridgehead atoms. The van der Waals surface area contributed by atoms with Crippen molar-refractivity contribution in [1.29, 1.82) is 5.26 Å². The van der Waals surface area contributed by atoms with E-state index in [1.54, 1.807) is 0 Å². The van der Waals surface area contributed by atoms with E-state index in [-0.39, 0.29) is 0 Å². The predicted molar refractivity (Wildman–Crippen MR) is 237 cm³/mol. The normalized spacial score (nSPS) is 14.4. The first-order valence-corrected chi connectivity index (χ1v) is 19.9. The quantitative estimate of drug-likeness (QED) is 0.167. The van der Waals surface area contributed by atoms with E-state index in [1.165, 1.54) is 0 Å². The number of hydrogen-bond acceptors (Lipinski definition) is 4. The molecule has 3 heterocycles. The van der Waals surface area contributed by atoms with Crippen LogP contribution in [0.5, 0.6) is 0 Å². The number of hydrogen-bond donors (Lipinski definition) is 0. The molecule has 0 N–H and O–H groups in total. The molecule has 276 valence electrons. The van der Waals surface area contributed by atoms with Gasteiger partial charge in [0, 0.05) is 33.8 Å². The molecule has 0 fully saturated rings. The Balaban J connectivity index is 1.08. The van der Waals surface area contributed by atoms with Crippen LogP contribution in [0.25, 0.3) is 88.8 Å². The van der Waals surface area contributed by atoms with E-state index in [4.69, 9.17) is 21.5 Å². The zero-order chi connectivity index (χ0) is 40.0. The topological polar surface area (TPSA) is 71.2 Å². The highest BCUT2D eigenvalue weighted by Gasteiger charge is 2.52. The maximum absolute atomic E-state index is 10.2. The summed E-state index contributed by atoms with van der Waals surface area (Å²) < 4.78 is 2.16. The van der Waals surface area contributed by atoms with Gasteiger partial charge in [-0.05, 0) is 87.0 Å². The summed E-state index contributed by atoms with van der Waals surface area (Å²) in [4.78, 5) is 19.6. The molecular weight excluding hydrogens is 733 g/mol. The SMILES string of the molecule is [C-]#[N+]c1ccc2c(c1)C1(c3ccccc3-c3ccc(-c4nc(-c5cccc(-c6c(-c7ccccc7)nc7ccccn67)c5)c5ccccc5n4)cc31)c1cc(C#N)ccc1-2. The van der Waals surface area contributed by atoms with Crippen LogP contribution in [0.15, 0.2) is 182 Å². The standard InChI is InChI=1S/C54H30N6/c1-56-38-23-26-42-40-24-21-33(32-55)28-45(40)54(47(42)31-38)44-18-7-5-16-39(44)41-25-22-37(30-46(41)54)53-57-48-19-8-6-17-43(48)50(59-53)35-14-11-15-36(29-35)52-51(34-12-3-2-4-13-34)58-49-20-9-10-27-60(49)52/h2-31H. The fourth-order valence-corrected chi connectivity index (χ4v) is 9.76. The van der Waals surface area contributed by atoms with Gasteiger partial charge in [0.1, 0.15) is 5.65 Å². The Bertz CT molecular complexity index is 3470. The van der Waals surface area contributed by atoms with E-state index >= 15 is 0 Å². The molecule has 6 heteroatoms. The molecule has 0 saturated carbocycles. The van der Waals surface area contributed by atoms with Crippen molar-refractivity contribution in [3.8, 4) is 73.5 Å². The van der Waals surface area contributed by atoms with Gasteiger partial charge in [-0.2, -0.15) is 5.26 Å². The summed E-state index contributed by atoms with van der Waals surface area (Å²) in [5.41, 5.74) is 17.5. The second-order valence-corrected chi connectivity index (χ2v) is 15.4. The summed E-state index contributed by atoms with van der Waals surface area (Å²) in [7, 11) is 0. The smallest absolute Gasteiger partial charge is 0.187 e. The molecule has 12 rings (SSSR count). The first-order chi connectivity index (χ1) is 29.6.